The van der Waals surface area contributed by atoms with Crippen molar-refractivity contribution >= 4 is 21.4 Å². The Hall–Kier alpha value is -0.430. The van der Waals surface area contributed by atoms with Crippen LogP contribution in [0.4, 0.5) is 0 Å². The van der Waals surface area contributed by atoms with E-state index in [1.165, 1.54) is 37.0 Å². The third kappa shape index (κ3) is 3.04. The molecule has 21 heavy (non-hydrogen) atoms. The van der Waals surface area contributed by atoms with Gasteiger partial charge in [0.25, 0.3) is 10.0 Å². The molecule has 1 atom stereocenters. The van der Waals surface area contributed by atoms with Crippen molar-refractivity contribution in [2.75, 3.05) is 13.6 Å². The van der Waals surface area contributed by atoms with Gasteiger partial charge >= 0.3 is 0 Å². The lowest BCUT2D eigenvalue weighted by Gasteiger charge is -2.28. The van der Waals surface area contributed by atoms with E-state index in [1.807, 2.05) is 13.1 Å². The predicted octanol–water partition coefficient (Wildman–Crippen LogP) is 2.81. The van der Waals surface area contributed by atoms with E-state index in [-0.39, 0.29) is 6.04 Å². The van der Waals surface area contributed by atoms with Gasteiger partial charge in [-0.1, -0.05) is 12.8 Å². The molecule has 1 aliphatic heterocycles. The molecule has 0 aromatic carbocycles. The van der Waals surface area contributed by atoms with Gasteiger partial charge in [-0.2, -0.15) is 4.31 Å². The van der Waals surface area contributed by atoms with Gasteiger partial charge in [0.1, 0.15) is 4.21 Å². The van der Waals surface area contributed by atoms with Gasteiger partial charge in [-0.25, -0.2) is 8.42 Å². The fourth-order valence-electron chi connectivity index (χ4n) is 3.76. The van der Waals surface area contributed by atoms with Crippen LogP contribution in [0.5, 0.6) is 0 Å². The summed E-state index contributed by atoms with van der Waals surface area (Å²) in [6.07, 6.45) is 6.98. The minimum absolute atomic E-state index is 0.243. The molecular weight excluding hydrogens is 304 g/mol. The zero-order valence-corrected chi connectivity index (χ0v) is 14.2. The van der Waals surface area contributed by atoms with E-state index in [0.29, 0.717) is 16.7 Å². The summed E-state index contributed by atoms with van der Waals surface area (Å²) in [6.45, 7) is 1.43. The Kier molecular flexibility index (Phi) is 4.69. The molecule has 3 rings (SSSR count). The Balaban J connectivity index is 1.82. The molecular formula is C15H24N2O2S2. The van der Waals surface area contributed by atoms with Crippen LogP contribution in [-0.4, -0.2) is 32.4 Å². The molecule has 1 N–H and O–H groups in total. The molecule has 4 nitrogen and oxygen atoms in total. The molecule has 2 fully saturated rings. The van der Waals surface area contributed by atoms with E-state index in [1.54, 1.807) is 10.4 Å². The first-order chi connectivity index (χ1) is 10.1. The second-order valence-corrected chi connectivity index (χ2v) is 9.41. The highest BCUT2D eigenvalue weighted by Crippen LogP contribution is 2.39. The van der Waals surface area contributed by atoms with E-state index in [9.17, 15) is 8.42 Å². The topological polar surface area (TPSA) is 49.4 Å². The summed E-state index contributed by atoms with van der Waals surface area (Å²) in [5.74, 6) is 0.582. The zero-order chi connectivity index (χ0) is 14.9. The van der Waals surface area contributed by atoms with Gasteiger partial charge < -0.3 is 5.32 Å². The number of hydrogen-bond donors (Lipinski definition) is 1. The maximum absolute atomic E-state index is 12.9. The fourth-order valence-corrected chi connectivity index (χ4v) is 7.01. The second kappa shape index (κ2) is 6.36. The van der Waals surface area contributed by atoms with Gasteiger partial charge in [-0.15, -0.1) is 11.3 Å². The average Bonchev–Trinajstić information content (AvgIpc) is 3.20. The molecule has 1 unspecified atom stereocenters. The lowest BCUT2D eigenvalue weighted by atomic mass is 9.97. The van der Waals surface area contributed by atoms with Crippen LogP contribution >= 0.6 is 11.3 Å². The molecule has 0 amide bonds. The van der Waals surface area contributed by atoms with Gasteiger partial charge in [0.05, 0.1) is 0 Å². The summed E-state index contributed by atoms with van der Waals surface area (Å²) >= 11 is 1.40. The predicted molar refractivity (Wildman–Crippen MR) is 86.0 cm³/mol. The first-order valence-electron chi connectivity index (χ1n) is 7.88. The third-order valence-corrected chi connectivity index (χ3v) is 8.22. The monoisotopic (exact) mass is 328 g/mol. The smallest absolute Gasteiger partial charge is 0.252 e. The van der Waals surface area contributed by atoms with Gasteiger partial charge in [-0.05, 0) is 50.8 Å². The van der Waals surface area contributed by atoms with Crippen molar-refractivity contribution in [1.29, 1.82) is 0 Å². The standard InChI is InChI=1S/C15H24N2O2S2/c1-16-11-13-8-9-15(20-13)21(18,19)17-10-4-7-14(17)12-5-2-3-6-12/h8-9,12,14,16H,2-7,10-11H2,1H3. The van der Waals surface area contributed by atoms with Crippen molar-refractivity contribution < 1.29 is 8.42 Å². The Morgan fingerprint density at radius 3 is 2.71 bits per heavy atom. The maximum atomic E-state index is 12.9. The average molecular weight is 329 g/mol. The van der Waals surface area contributed by atoms with Gasteiger partial charge in [-0.3, -0.25) is 0 Å². The number of nitrogens with one attached hydrogen (secondary N) is 1. The molecule has 1 saturated heterocycles. The molecule has 1 aromatic rings. The van der Waals surface area contributed by atoms with Crippen LogP contribution in [0, 0.1) is 5.92 Å². The van der Waals surface area contributed by atoms with Crippen LogP contribution < -0.4 is 5.32 Å². The van der Waals surface area contributed by atoms with E-state index in [2.05, 4.69) is 5.32 Å². The van der Waals surface area contributed by atoms with E-state index >= 15 is 0 Å². The van der Waals surface area contributed by atoms with Crippen molar-refractivity contribution in [3.8, 4) is 0 Å². The Morgan fingerprint density at radius 2 is 2.00 bits per heavy atom. The van der Waals surface area contributed by atoms with Crippen molar-refractivity contribution in [3.05, 3.63) is 17.0 Å². The summed E-state index contributed by atoms with van der Waals surface area (Å²) in [6, 6.07) is 3.94. The number of rotatable bonds is 5. The quantitative estimate of drug-likeness (QED) is 0.904. The minimum Gasteiger partial charge on any atom is -0.315 e. The Labute approximate surface area is 131 Å². The van der Waals surface area contributed by atoms with E-state index < -0.39 is 10.0 Å². The molecule has 2 aliphatic rings. The van der Waals surface area contributed by atoms with Crippen LogP contribution in [-0.2, 0) is 16.6 Å². The van der Waals surface area contributed by atoms with Crippen LogP contribution in [0.25, 0.3) is 0 Å². The lowest BCUT2D eigenvalue weighted by Crippen LogP contribution is -2.39. The number of hydrogen-bond acceptors (Lipinski definition) is 4. The van der Waals surface area contributed by atoms with Crippen molar-refractivity contribution in [3.63, 3.8) is 0 Å². The highest BCUT2D eigenvalue weighted by Gasteiger charge is 2.40. The molecule has 2 heterocycles. The van der Waals surface area contributed by atoms with Crippen LogP contribution in [0.3, 0.4) is 0 Å². The maximum Gasteiger partial charge on any atom is 0.252 e. The third-order valence-electron chi connectivity index (χ3n) is 4.74. The summed E-state index contributed by atoms with van der Waals surface area (Å²) in [7, 11) is -1.42. The second-order valence-electron chi connectivity index (χ2n) is 6.12. The molecule has 0 radical (unpaired) electrons. The van der Waals surface area contributed by atoms with Crippen molar-refractivity contribution in [2.45, 2.75) is 55.3 Å². The first-order valence-corrected chi connectivity index (χ1v) is 10.1. The zero-order valence-electron chi connectivity index (χ0n) is 12.5. The number of nitrogens with zero attached hydrogens (tertiary/aromatic N) is 1. The van der Waals surface area contributed by atoms with Crippen molar-refractivity contribution in [2.24, 2.45) is 5.92 Å². The summed E-state index contributed by atoms with van der Waals surface area (Å²) in [5.41, 5.74) is 0. The van der Waals surface area contributed by atoms with Crippen LogP contribution in [0.2, 0.25) is 0 Å². The van der Waals surface area contributed by atoms with Gasteiger partial charge in [0.15, 0.2) is 0 Å². The number of sulfonamides is 1. The van der Waals surface area contributed by atoms with E-state index in [0.717, 1.165) is 24.3 Å². The summed E-state index contributed by atoms with van der Waals surface area (Å²) < 4.78 is 28.2. The van der Waals surface area contributed by atoms with Gasteiger partial charge in [0, 0.05) is 24.0 Å². The molecule has 1 aromatic heterocycles. The first kappa shape index (κ1) is 15.5. The largest absolute Gasteiger partial charge is 0.315 e. The molecule has 118 valence electrons. The minimum atomic E-state index is -3.30. The summed E-state index contributed by atoms with van der Waals surface area (Å²) in [4.78, 5) is 1.08. The normalized spacial score (nSPS) is 24.9. The van der Waals surface area contributed by atoms with E-state index in [4.69, 9.17) is 0 Å². The molecule has 1 aliphatic carbocycles. The van der Waals surface area contributed by atoms with Gasteiger partial charge in [0.2, 0.25) is 0 Å². The molecule has 0 bridgehead atoms. The van der Waals surface area contributed by atoms with Crippen molar-refractivity contribution in [1.82, 2.24) is 9.62 Å². The Bertz CT molecular complexity index is 576. The highest BCUT2D eigenvalue weighted by molar-refractivity contribution is 7.91. The molecule has 0 spiro atoms. The summed E-state index contributed by atoms with van der Waals surface area (Å²) in [5, 5.41) is 3.07. The lowest BCUT2D eigenvalue weighted by molar-refractivity contribution is 0.289. The SMILES string of the molecule is CNCc1ccc(S(=O)(=O)N2CCCC2C2CCCC2)s1. The van der Waals surface area contributed by atoms with Crippen LogP contribution in [0.15, 0.2) is 16.3 Å². The molecule has 6 heteroatoms. The van der Waals surface area contributed by atoms with Crippen LogP contribution in [0.1, 0.15) is 43.4 Å². The highest BCUT2D eigenvalue weighted by atomic mass is 32.2. The molecule has 1 saturated carbocycles. The fraction of sp³-hybridized carbons (Fsp3) is 0.733. The Morgan fingerprint density at radius 1 is 1.24 bits per heavy atom. The number of thiophene rings is 1.